The molecular formula is C16H10BrClF4N2O4. The number of nitrogens with zero attached hydrogens (tertiary/aromatic N) is 1. The summed E-state index contributed by atoms with van der Waals surface area (Å²) in [5.74, 6) is -1.95. The van der Waals surface area contributed by atoms with E-state index in [-0.39, 0.29) is 22.0 Å². The first-order valence-corrected chi connectivity index (χ1v) is 8.47. The molecule has 0 aliphatic rings. The quantitative estimate of drug-likeness (QED) is 0.250. The summed E-state index contributed by atoms with van der Waals surface area (Å²) >= 11 is 8.95. The Bertz CT molecular complexity index is 942. The third-order valence-electron chi connectivity index (χ3n) is 3.59. The van der Waals surface area contributed by atoms with Crippen LogP contribution in [0.4, 0.5) is 28.9 Å². The first kappa shape index (κ1) is 21.9. The van der Waals surface area contributed by atoms with Crippen LogP contribution in [0.5, 0.6) is 5.75 Å². The minimum atomic E-state index is -5.03. The molecule has 28 heavy (non-hydrogen) atoms. The van der Waals surface area contributed by atoms with Crippen LogP contribution in [0, 0.1) is 15.9 Å². The van der Waals surface area contributed by atoms with Crippen molar-refractivity contribution in [2.45, 2.75) is 18.8 Å². The molecule has 0 aromatic heterocycles. The maximum absolute atomic E-state index is 14.0. The van der Waals surface area contributed by atoms with Gasteiger partial charge in [0.1, 0.15) is 23.3 Å². The van der Waals surface area contributed by atoms with Gasteiger partial charge in [-0.3, -0.25) is 10.1 Å². The Morgan fingerprint density at radius 3 is 2.50 bits per heavy atom. The lowest BCUT2D eigenvalue weighted by atomic mass is 9.92. The summed E-state index contributed by atoms with van der Waals surface area (Å²) in [4.78, 5) is 22.0. The second-order valence-corrected chi connectivity index (χ2v) is 6.95. The van der Waals surface area contributed by atoms with Gasteiger partial charge in [-0.1, -0.05) is 39.7 Å². The van der Waals surface area contributed by atoms with Gasteiger partial charge in [-0.05, 0) is 25.1 Å². The molecular weight excluding hydrogens is 476 g/mol. The summed E-state index contributed by atoms with van der Waals surface area (Å²) in [5.41, 5.74) is -3.35. The molecule has 0 radical (unpaired) electrons. The number of carbonyl (C=O) groups is 1. The molecule has 1 atom stereocenters. The fourth-order valence-corrected chi connectivity index (χ4v) is 3.19. The van der Waals surface area contributed by atoms with Crippen LogP contribution in [-0.4, -0.2) is 17.6 Å². The topological polar surface area (TPSA) is 81.5 Å². The Hall–Kier alpha value is -2.40. The minimum absolute atomic E-state index is 0.131. The summed E-state index contributed by atoms with van der Waals surface area (Å²) in [6.45, 7) is 1.21. The van der Waals surface area contributed by atoms with Crippen LogP contribution >= 0.6 is 27.5 Å². The van der Waals surface area contributed by atoms with Gasteiger partial charge >= 0.3 is 12.0 Å². The van der Waals surface area contributed by atoms with E-state index in [4.69, 9.17) is 11.6 Å². The standard InChI is InChI=1S/C16H10BrClF4N2O4/c1-15(7-25,9-3-2-4-12(13(9)18)28-16(20,21)22)23-11-6-8(17)5-10(19)14(11)24(26)27/h2-7,23H,1H3/t15-/m0/s1. The zero-order chi connectivity index (χ0) is 21.3. The number of nitro groups is 1. The summed E-state index contributed by atoms with van der Waals surface area (Å²) < 4.78 is 55.5. The van der Waals surface area contributed by atoms with Crippen molar-refractivity contribution in [2.75, 3.05) is 5.32 Å². The van der Waals surface area contributed by atoms with E-state index >= 15 is 0 Å². The average molecular weight is 486 g/mol. The van der Waals surface area contributed by atoms with Crippen molar-refractivity contribution >= 4 is 45.2 Å². The van der Waals surface area contributed by atoms with E-state index in [9.17, 15) is 32.5 Å². The Balaban J connectivity index is 2.58. The van der Waals surface area contributed by atoms with Gasteiger partial charge in [0.2, 0.25) is 5.82 Å². The van der Waals surface area contributed by atoms with Gasteiger partial charge < -0.3 is 14.8 Å². The minimum Gasteiger partial charge on any atom is -0.404 e. The van der Waals surface area contributed by atoms with Crippen molar-refractivity contribution in [3.63, 3.8) is 0 Å². The first-order valence-electron chi connectivity index (χ1n) is 7.30. The van der Waals surface area contributed by atoms with Crippen molar-refractivity contribution in [1.82, 2.24) is 0 Å². The van der Waals surface area contributed by atoms with E-state index in [0.717, 1.165) is 24.3 Å². The van der Waals surface area contributed by atoms with Crippen molar-refractivity contribution in [2.24, 2.45) is 0 Å². The van der Waals surface area contributed by atoms with Crippen molar-refractivity contribution in [3.8, 4) is 5.75 Å². The zero-order valence-corrected chi connectivity index (χ0v) is 16.2. The van der Waals surface area contributed by atoms with Crippen LogP contribution < -0.4 is 10.1 Å². The lowest BCUT2D eigenvalue weighted by Gasteiger charge is -2.28. The molecule has 0 saturated heterocycles. The number of ether oxygens (including phenoxy) is 1. The number of rotatable bonds is 6. The molecule has 2 aromatic rings. The molecule has 2 rings (SSSR count). The normalized spacial score (nSPS) is 13.5. The average Bonchev–Trinajstić information content (AvgIpc) is 2.54. The smallest absolute Gasteiger partial charge is 0.404 e. The fraction of sp³-hybridized carbons (Fsp3) is 0.188. The molecule has 0 spiro atoms. The second-order valence-electron chi connectivity index (χ2n) is 5.65. The van der Waals surface area contributed by atoms with E-state index in [2.05, 4.69) is 26.0 Å². The van der Waals surface area contributed by atoms with Gasteiger partial charge in [0.25, 0.3) is 0 Å². The third kappa shape index (κ3) is 4.71. The largest absolute Gasteiger partial charge is 0.573 e. The molecule has 0 bridgehead atoms. The van der Waals surface area contributed by atoms with E-state index in [0.29, 0.717) is 0 Å². The highest BCUT2D eigenvalue weighted by Crippen LogP contribution is 2.40. The molecule has 1 N–H and O–H groups in total. The van der Waals surface area contributed by atoms with E-state index in [1.807, 2.05) is 0 Å². The maximum atomic E-state index is 14.0. The number of nitrogens with one attached hydrogen (secondary N) is 1. The van der Waals surface area contributed by atoms with Crippen LogP contribution in [0.3, 0.4) is 0 Å². The van der Waals surface area contributed by atoms with E-state index in [1.165, 1.54) is 13.0 Å². The molecule has 6 nitrogen and oxygen atoms in total. The molecule has 0 fully saturated rings. The highest BCUT2D eigenvalue weighted by Gasteiger charge is 2.36. The van der Waals surface area contributed by atoms with Gasteiger partial charge in [0.05, 0.1) is 9.95 Å². The van der Waals surface area contributed by atoms with Crippen molar-refractivity contribution < 1.29 is 32.0 Å². The van der Waals surface area contributed by atoms with Gasteiger partial charge in [-0.15, -0.1) is 13.2 Å². The van der Waals surface area contributed by atoms with Crippen LogP contribution in [0.1, 0.15) is 12.5 Å². The van der Waals surface area contributed by atoms with Gasteiger partial charge in [-0.25, -0.2) is 0 Å². The number of carbonyl (C=O) groups excluding carboxylic acids is 1. The Kier molecular flexibility index (Phi) is 6.19. The van der Waals surface area contributed by atoms with Crippen molar-refractivity contribution in [3.05, 3.63) is 61.3 Å². The Morgan fingerprint density at radius 1 is 1.32 bits per heavy atom. The number of nitro benzene ring substituents is 1. The SMILES string of the molecule is C[C@@](C=O)(Nc1cc(Br)cc(F)c1[N+](=O)[O-])c1cccc(OC(F)(F)F)c1Cl. The number of halogens is 6. The molecule has 0 saturated carbocycles. The van der Waals surface area contributed by atoms with Gasteiger partial charge in [0, 0.05) is 10.0 Å². The monoisotopic (exact) mass is 484 g/mol. The van der Waals surface area contributed by atoms with E-state index in [1.54, 1.807) is 0 Å². The predicted molar refractivity (Wildman–Crippen MR) is 95.9 cm³/mol. The van der Waals surface area contributed by atoms with Crippen LogP contribution in [0.25, 0.3) is 0 Å². The maximum Gasteiger partial charge on any atom is 0.573 e. The highest BCUT2D eigenvalue weighted by molar-refractivity contribution is 9.10. The molecule has 2 aromatic carbocycles. The lowest BCUT2D eigenvalue weighted by Crippen LogP contribution is -2.34. The van der Waals surface area contributed by atoms with Crippen LogP contribution in [-0.2, 0) is 10.3 Å². The van der Waals surface area contributed by atoms with E-state index < -0.39 is 39.1 Å². The highest BCUT2D eigenvalue weighted by atomic mass is 79.9. The number of aldehydes is 1. The molecule has 0 amide bonds. The predicted octanol–water partition coefficient (Wildman–Crippen LogP) is 5.57. The number of benzene rings is 2. The fourth-order valence-electron chi connectivity index (χ4n) is 2.40. The lowest BCUT2D eigenvalue weighted by molar-refractivity contribution is -0.386. The van der Waals surface area contributed by atoms with Crippen LogP contribution in [0.15, 0.2) is 34.8 Å². The third-order valence-corrected chi connectivity index (χ3v) is 4.44. The Labute approximate surface area is 168 Å². The van der Waals surface area contributed by atoms with Gasteiger partial charge in [-0.2, -0.15) is 4.39 Å². The van der Waals surface area contributed by atoms with Crippen molar-refractivity contribution in [1.29, 1.82) is 0 Å². The molecule has 0 aliphatic heterocycles. The molecule has 12 heteroatoms. The molecule has 0 unspecified atom stereocenters. The molecule has 0 heterocycles. The van der Waals surface area contributed by atoms with Crippen LogP contribution in [0.2, 0.25) is 5.02 Å². The first-order chi connectivity index (χ1) is 12.9. The van der Waals surface area contributed by atoms with Gasteiger partial charge in [0.15, 0.2) is 0 Å². The second kappa shape index (κ2) is 7.92. The zero-order valence-electron chi connectivity index (χ0n) is 13.8. The number of alkyl halides is 3. The number of anilines is 1. The summed E-state index contributed by atoms with van der Waals surface area (Å²) in [6, 6.07) is 5.32. The Morgan fingerprint density at radius 2 is 1.96 bits per heavy atom. The summed E-state index contributed by atoms with van der Waals surface area (Å²) in [7, 11) is 0. The number of hydrogen-bond acceptors (Lipinski definition) is 5. The molecule has 0 aliphatic carbocycles. The molecule has 150 valence electrons. The summed E-state index contributed by atoms with van der Waals surface area (Å²) in [5, 5.41) is 13.1. The summed E-state index contributed by atoms with van der Waals surface area (Å²) in [6.07, 6.45) is -4.76. The number of hydrogen-bond donors (Lipinski definition) is 1.